The lowest BCUT2D eigenvalue weighted by Gasteiger charge is -2.15. The molecule has 1 aromatic heterocycles. The fourth-order valence-electron chi connectivity index (χ4n) is 3.39. The second-order valence-electron chi connectivity index (χ2n) is 7.28. The number of ether oxygens (including phenoxy) is 1. The van der Waals surface area contributed by atoms with Crippen LogP contribution < -0.4 is 10.5 Å². The van der Waals surface area contributed by atoms with Gasteiger partial charge in [-0.25, -0.2) is 8.42 Å². The molecule has 1 heterocycles. The van der Waals surface area contributed by atoms with E-state index in [4.69, 9.17) is 25.7 Å². The molecule has 5 N–H and O–H groups in total. The number of nitrogen functional groups attached to an aromatic ring is 1. The van der Waals surface area contributed by atoms with E-state index in [0.29, 0.717) is 20.4 Å². The average Bonchev–Trinajstić information content (AvgIpc) is 3.17. The van der Waals surface area contributed by atoms with Crippen molar-refractivity contribution in [3.63, 3.8) is 0 Å². The average molecular weight is 527 g/mol. The van der Waals surface area contributed by atoms with Gasteiger partial charge < -0.3 is 20.3 Å². The first kappa shape index (κ1) is 25.5. The number of sulfone groups is 1. The summed E-state index contributed by atoms with van der Waals surface area (Å²) in [5.41, 5.74) is 8.58. The maximum Gasteiger partial charge on any atom is 0.362 e. The van der Waals surface area contributed by atoms with Crippen LogP contribution in [0.15, 0.2) is 56.5 Å². The van der Waals surface area contributed by atoms with Crippen molar-refractivity contribution in [1.82, 2.24) is 0 Å². The topological polar surface area (TPSA) is 151 Å². The molecule has 12 heteroatoms. The maximum atomic E-state index is 13.4. The summed E-state index contributed by atoms with van der Waals surface area (Å²) in [6.07, 6.45) is 1.05. The highest BCUT2D eigenvalue weighted by Crippen LogP contribution is 2.39. The van der Waals surface area contributed by atoms with Crippen molar-refractivity contribution < 1.29 is 27.5 Å². The summed E-state index contributed by atoms with van der Waals surface area (Å²) in [6.45, 7) is 3.63. The van der Waals surface area contributed by atoms with E-state index < -0.39 is 23.8 Å². The third-order valence-corrected chi connectivity index (χ3v) is 9.55. The number of nitrogens with one attached hydrogen (secondary N) is 1. The standard InChI is InChI=1S/C21H23N2O6PS3/c1-12-7-15(29-11-30(24,25)26)8-13(2)19(12)14-5-4-6-16(9-14)33(27,28)18-10-17(20(22)23)32-21(18)31-3/h4-10H,11H2,1-3H3,(H3,22,23)(H2,24,25,26). The van der Waals surface area contributed by atoms with Crippen molar-refractivity contribution in [3.05, 3.63) is 58.5 Å². The largest absolute Gasteiger partial charge is 0.481 e. The van der Waals surface area contributed by atoms with Gasteiger partial charge in [0.15, 0.2) is 6.35 Å². The number of benzene rings is 2. The van der Waals surface area contributed by atoms with Gasteiger partial charge in [0.2, 0.25) is 9.84 Å². The number of thioether (sulfide) groups is 1. The van der Waals surface area contributed by atoms with Crippen LogP contribution in [0, 0.1) is 19.3 Å². The second kappa shape index (κ2) is 9.61. The minimum Gasteiger partial charge on any atom is -0.481 e. The van der Waals surface area contributed by atoms with Gasteiger partial charge in [0, 0.05) is 0 Å². The molecule has 0 bridgehead atoms. The molecule has 0 aliphatic heterocycles. The van der Waals surface area contributed by atoms with Crippen molar-refractivity contribution in [2.45, 2.75) is 27.8 Å². The smallest absolute Gasteiger partial charge is 0.362 e. The molecule has 0 aliphatic carbocycles. The fraction of sp³-hybridized carbons (Fsp3) is 0.190. The van der Waals surface area contributed by atoms with E-state index in [1.54, 1.807) is 36.6 Å². The molecule has 3 aromatic rings. The zero-order chi connectivity index (χ0) is 24.6. The first-order valence-electron chi connectivity index (χ1n) is 9.50. The van der Waals surface area contributed by atoms with E-state index in [9.17, 15) is 13.0 Å². The van der Waals surface area contributed by atoms with Crippen LogP contribution in [0.3, 0.4) is 0 Å². The maximum absolute atomic E-state index is 13.4. The molecule has 3 rings (SSSR count). The van der Waals surface area contributed by atoms with E-state index in [0.717, 1.165) is 16.7 Å². The van der Waals surface area contributed by atoms with Gasteiger partial charge in [-0.3, -0.25) is 9.97 Å². The Balaban J connectivity index is 2.04. The highest BCUT2D eigenvalue weighted by atomic mass is 32.2. The van der Waals surface area contributed by atoms with Gasteiger partial charge in [0.05, 0.1) is 18.9 Å². The predicted molar refractivity (Wildman–Crippen MR) is 131 cm³/mol. The van der Waals surface area contributed by atoms with Gasteiger partial charge in [-0.2, -0.15) is 0 Å². The monoisotopic (exact) mass is 526 g/mol. The van der Waals surface area contributed by atoms with Gasteiger partial charge in [-0.1, -0.05) is 12.1 Å². The van der Waals surface area contributed by atoms with Gasteiger partial charge in [0.25, 0.3) is 0 Å². The molecule has 176 valence electrons. The summed E-state index contributed by atoms with van der Waals surface area (Å²) in [6, 6.07) is 11.3. The highest BCUT2D eigenvalue weighted by Gasteiger charge is 2.25. The molecule has 0 spiro atoms. The third kappa shape index (κ3) is 5.68. The van der Waals surface area contributed by atoms with E-state index >= 15 is 0 Å². The van der Waals surface area contributed by atoms with E-state index in [-0.39, 0.29) is 15.6 Å². The third-order valence-electron chi connectivity index (χ3n) is 4.75. The minimum atomic E-state index is -4.31. The molecule has 0 unspecified atom stereocenters. The Bertz CT molecular complexity index is 1360. The van der Waals surface area contributed by atoms with Crippen LogP contribution in [-0.4, -0.2) is 36.6 Å². The number of thiophene rings is 1. The summed E-state index contributed by atoms with van der Waals surface area (Å²) in [5.74, 6) is 0.137. The molecular formula is C21H23N2O6PS3. The van der Waals surface area contributed by atoms with Gasteiger partial charge >= 0.3 is 7.60 Å². The molecule has 33 heavy (non-hydrogen) atoms. The molecular weight excluding hydrogens is 503 g/mol. The zero-order valence-electron chi connectivity index (χ0n) is 18.0. The Morgan fingerprint density at radius 1 is 1.18 bits per heavy atom. The van der Waals surface area contributed by atoms with Crippen LogP contribution in [-0.2, 0) is 14.4 Å². The molecule has 0 fully saturated rings. The lowest BCUT2D eigenvalue weighted by Crippen LogP contribution is -2.08. The number of amidine groups is 1. The van der Waals surface area contributed by atoms with Crippen LogP contribution in [0.2, 0.25) is 0 Å². The van der Waals surface area contributed by atoms with Crippen LogP contribution in [0.25, 0.3) is 11.1 Å². The molecule has 0 amide bonds. The second-order valence-corrected chi connectivity index (χ2v) is 12.9. The number of aryl methyl sites for hydroxylation is 2. The Morgan fingerprint density at radius 3 is 2.36 bits per heavy atom. The van der Waals surface area contributed by atoms with Crippen molar-refractivity contribution >= 4 is 46.4 Å². The SMILES string of the molecule is CSc1sc(C(=N)N)cc1S(=O)(=O)c1cccc(-c2c(C)cc(OCP(=O)(O)O)cc2C)c1. The Hall–Kier alpha value is -2.14. The van der Waals surface area contributed by atoms with Crippen LogP contribution in [0.5, 0.6) is 5.75 Å². The molecule has 0 saturated carbocycles. The number of hydrogen-bond donors (Lipinski definition) is 4. The number of hydrogen-bond acceptors (Lipinski definition) is 7. The molecule has 8 nitrogen and oxygen atoms in total. The molecule has 0 aliphatic rings. The van der Waals surface area contributed by atoms with Gasteiger partial charge in [0.1, 0.15) is 11.6 Å². The summed E-state index contributed by atoms with van der Waals surface area (Å²) >= 11 is 2.45. The van der Waals surface area contributed by atoms with Crippen LogP contribution in [0.1, 0.15) is 16.0 Å². The molecule has 0 saturated heterocycles. The van der Waals surface area contributed by atoms with Crippen molar-refractivity contribution in [2.24, 2.45) is 5.73 Å². The Kier molecular flexibility index (Phi) is 7.42. The van der Waals surface area contributed by atoms with E-state index in [1.807, 2.05) is 13.8 Å². The molecule has 2 aromatic carbocycles. The summed E-state index contributed by atoms with van der Waals surface area (Å²) in [5, 5.41) is 7.64. The summed E-state index contributed by atoms with van der Waals surface area (Å²) in [4.78, 5) is 18.7. The summed E-state index contributed by atoms with van der Waals surface area (Å²) < 4.78 is 43.7. The first-order chi connectivity index (χ1) is 15.3. The fourth-order valence-corrected chi connectivity index (χ4v) is 7.61. The minimum absolute atomic E-state index is 0.115. The van der Waals surface area contributed by atoms with E-state index in [1.165, 1.54) is 35.2 Å². The Morgan fingerprint density at radius 2 is 1.82 bits per heavy atom. The van der Waals surface area contributed by atoms with Crippen LogP contribution in [0.4, 0.5) is 0 Å². The number of rotatable bonds is 8. The zero-order valence-corrected chi connectivity index (χ0v) is 21.4. The van der Waals surface area contributed by atoms with Gasteiger partial charge in [-0.15, -0.1) is 23.1 Å². The van der Waals surface area contributed by atoms with Crippen LogP contribution >= 0.6 is 30.7 Å². The quantitative estimate of drug-likeness (QED) is 0.146. The lowest BCUT2D eigenvalue weighted by atomic mass is 9.95. The van der Waals surface area contributed by atoms with E-state index in [2.05, 4.69) is 0 Å². The predicted octanol–water partition coefficient (Wildman–Crippen LogP) is 4.38. The number of nitrogens with two attached hydrogens (primary N) is 1. The molecule has 0 radical (unpaired) electrons. The highest BCUT2D eigenvalue weighted by molar-refractivity contribution is 8.01. The summed E-state index contributed by atoms with van der Waals surface area (Å²) in [7, 11) is -8.17. The normalized spacial score (nSPS) is 12.0. The van der Waals surface area contributed by atoms with Crippen molar-refractivity contribution in [3.8, 4) is 16.9 Å². The first-order valence-corrected chi connectivity index (χ1v) is 14.8. The van der Waals surface area contributed by atoms with Gasteiger partial charge in [-0.05, 0) is 72.7 Å². The van der Waals surface area contributed by atoms with Crippen molar-refractivity contribution in [2.75, 3.05) is 12.6 Å². The Labute approximate surface area is 200 Å². The molecule has 0 atom stereocenters. The van der Waals surface area contributed by atoms with Crippen molar-refractivity contribution in [1.29, 1.82) is 5.41 Å². The lowest BCUT2D eigenvalue weighted by molar-refractivity contribution is 0.300.